The maximum atomic E-state index is 14.3. The van der Waals surface area contributed by atoms with E-state index in [4.69, 9.17) is 14.2 Å². The number of para-hydroxylation sites is 1. The first-order valence-electron chi connectivity index (χ1n) is 11.4. The molecule has 33 heavy (non-hydrogen) atoms. The Labute approximate surface area is 199 Å². The molecule has 1 aromatic carbocycles. The molecule has 1 spiro atoms. The van der Waals surface area contributed by atoms with E-state index in [0.29, 0.717) is 13.2 Å². The summed E-state index contributed by atoms with van der Waals surface area (Å²) in [6.45, 7) is 3.24. The second-order valence-electron chi connectivity index (χ2n) is 9.12. The largest absolute Gasteiger partial charge is 0.485 e. The maximum Gasteiger partial charge on any atom is 0.246 e. The molecular weight excluding hydrogens is 451 g/mol. The van der Waals surface area contributed by atoms with Gasteiger partial charge in [-0.2, -0.15) is 0 Å². The maximum absolute atomic E-state index is 14.3. The van der Waals surface area contributed by atoms with Crippen LogP contribution in [0.1, 0.15) is 50.5 Å². The number of hydrogen-bond acceptors (Lipinski definition) is 6. The van der Waals surface area contributed by atoms with E-state index in [1.807, 2.05) is 6.07 Å². The minimum atomic E-state index is -0.413. The Morgan fingerprint density at radius 3 is 2.82 bits per heavy atom. The van der Waals surface area contributed by atoms with Crippen molar-refractivity contribution in [3.63, 3.8) is 0 Å². The molecule has 2 heterocycles. The molecule has 0 bridgehead atoms. The Balaban J connectivity index is 0.00000306. The normalized spacial score (nSPS) is 31.4. The monoisotopic (exact) mass is 482 g/mol. The van der Waals surface area contributed by atoms with Crippen molar-refractivity contribution in [3.05, 3.63) is 35.7 Å². The fraction of sp³-hybridized carbons (Fsp3) is 0.625. The number of amides is 1. The highest BCUT2D eigenvalue weighted by atomic mass is 35.5. The SMILES string of the molecule is C[C@@H]1CC2(COCC(=O)N2)C(COC2CCC(c3cccc(F)c3OCC=C=O)CC2)N1.Cl. The van der Waals surface area contributed by atoms with Crippen LogP contribution in [-0.2, 0) is 19.1 Å². The van der Waals surface area contributed by atoms with Crippen molar-refractivity contribution in [2.45, 2.75) is 68.7 Å². The van der Waals surface area contributed by atoms with Gasteiger partial charge in [-0.15, -0.1) is 12.4 Å². The molecule has 1 aliphatic carbocycles. The van der Waals surface area contributed by atoms with Gasteiger partial charge in [-0.1, -0.05) is 12.1 Å². The molecule has 2 N–H and O–H groups in total. The van der Waals surface area contributed by atoms with Crippen molar-refractivity contribution in [1.29, 1.82) is 0 Å². The quantitative estimate of drug-likeness (QED) is 0.581. The Morgan fingerprint density at radius 1 is 1.30 bits per heavy atom. The predicted octanol–water partition coefficient (Wildman–Crippen LogP) is 2.69. The topological polar surface area (TPSA) is 85.9 Å². The van der Waals surface area contributed by atoms with Crippen molar-refractivity contribution in [2.75, 3.05) is 26.4 Å². The van der Waals surface area contributed by atoms with Gasteiger partial charge in [0.2, 0.25) is 5.91 Å². The molecule has 0 aromatic heterocycles. The zero-order valence-electron chi connectivity index (χ0n) is 18.8. The number of carbonyl (C=O) groups excluding carboxylic acids is 2. The van der Waals surface area contributed by atoms with E-state index in [0.717, 1.165) is 37.7 Å². The van der Waals surface area contributed by atoms with Gasteiger partial charge in [-0.3, -0.25) is 4.79 Å². The van der Waals surface area contributed by atoms with Crippen molar-refractivity contribution in [2.24, 2.45) is 0 Å². The number of morpholine rings is 1. The number of hydrogen-bond donors (Lipinski definition) is 2. The van der Waals surface area contributed by atoms with Gasteiger partial charge >= 0.3 is 0 Å². The van der Waals surface area contributed by atoms with Crippen LogP contribution in [-0.4, -0.2) is 62.0 Å². The molecule has 9 heteroatoms. The van der Waals surface area contributed by atoms with Gasteiger partial charge in [-0.25, -0.2) is 9.18 Å². The first-order valence-corrected chi connectivity index (χ1v) is 11.4. The van der Waals surface area contributed by atoms with Crippen LogP contribution in [0.3, 0.4) is 0 Å². The molecule has 3 fully saturated rings. The van der Waals surface area contributed by atoms with Crippen molar-refractivity contribution < 1.29 is 28.2 Å². The molecule has 3 aliphatic rings. The summed E-state index contributed by atoms with van der Waals surface area (Å²) in [5.41, 5.74) is 0.436. The second kappa shape index (κ2) is 11.4. The van der Waals surface area contributed by atoms with Crippen LogP contribution in [0.15, 0.2) is 24.3 Å². The van der Waals surface area contributed by atoms with Gasteiger partial charge in [0.1, 0.15) is 19.2 Å². The molecule has 1 aromatic rings. The number of rotatable bonds is 7. The lowest BCUT2D eigenvalue weighted by molar-refractivity contribution is -0.136. The summed E-state index contributed by atoms with van der Waals surface area (Å²) in [5.74, 6) is 1.57. The summed E-state index contributed by atoms with van der Waals surface area (Å²) in [7, 11) is 0. The first-order chi connectivity index (χ1) is 15.5. The average molecular weight is 483 g/mol. The standard InChI is InChI=1S/C24H31FN2O5.ClH/c1-16-12-24(15-30-14-22(29)27-24)21(26-16)13-32-18-8-6-17(7-9-18)19-4-2-5-20(25)23(19)31-11-3-10-28;/h2-5,16-18,21,26H,6-9,11-15H2,1H3,(H,27,29);1H/t16-,17?,18?,21?,24?;/m1./s1. The zero-order chi connectivity index (χ0) is 22.6. The van der Waals surface area contributed by atoms with Crippen LogP contribution in [0.2, 0.25) is 0 Å². The third kappa shape index (κ3) is 5.94. The van der Waals surface area contributed by atoms with Crippen molar-refractivity contribution >= 4 is 24.3 Å². The average Bonchev–Trinajstić information content (AvgIpc) is 3.07. The number of nitrogens with one attached hydrogen (secondary N) is 2. The smallest absolute Gasteiger partial charge is 0.246 e. The third-order valence-corrected chi connectivity index (χ3v) is 6.81. The van der Waals surface area contributed by atoms with Crippen LogP contribution in [0, 0.1) is 5.82 Å². The van der Waals surface area contributed by atoms with Crippen LogP contribution in [0.5, 0.6) is 5.75 Å². The van der Waals surface area contributed by atoms with Gasteiger partial charge in [0.15, 0.2) is 11.6 Å². The molecule has 3 atom stereocenters. The molecule has 2 aliphatic heterocycles. The van der Waals surface area contributed by atoms with E-state index >= 15 is 0 Å². The summed E-state index contributed by atoms with van der Waals surface area (Å²) >= 11 is 0. The second-order valence-corrected chi connectivity index (χ2v) is 9.12. The van der Waals surface area contributed by atoms with Crippen molar-refractivity contribution in [3.8, 4) is 5.75 Å². The Morgan fingerprint density at radius 2 is 2.09 bits per heavy atom. The van der Waals surface area contributed by atoms with E-state index < -0.39 is 11.4 Å². The highest BCUT2D eigenvalue weighted by Gasteiger charge is 2.49. The molecular formula is C24H32ClFN2O5. The lowest BCUT2D eigenvalue weighted by Crippen LogP contribution is -2.64. The lowest BCUT2D eigenvalue weighted by Gasteiger charge is -2.39. The van der Waals surface area contributed by atoms with E-state index in [1.165, 1.54) is 12.1 Å². The highest BCUT2D eigenvalue weighted by Crippen LogP contribution is 2.40. The summed E-state index contributed by atoms with van der Waals surface area (Å²) in [4.78, 5) is 22.3. The van der Waals surface area contributed by atoms with E-state index in [-0.39, 0.29) is 61.4 Å². The van der Waals surface area contributed by atoms with Gasteiger partial charge in [0.05, 0.1) is 30.9 Å². The molecule has 182 valence electrons. The molecule has 7 nitrogen and oxygen atoms in total. The third-order valence-electron chi connectivity index (χ3n) is 6.81. The summed E-state index contributed by atoms with van der Waals surface area (Å²) in [6, 6.07) is 5.25. The lowest BCUT2D eigenvalue weighted by atomic mass is 9.82. The van der Waals surface area contributed by atoms with Crippen LogP contribution in [0.4, 0.5) is 4.39 Å². The molecule has 1 amide bonds. The molecule has 2 unspecified atom stereocenters. The zero-order valence-corrected chi connectivity index (χ0v) is 19.6. The molecule has 2 saturated heterocycles. The minimum Gasteiger partial charge on any atom is -0.485 e. The summed E-state index contributed by atoms with van der Waals surface area (Å²) in [5, 5.41) is 6.68. The van der Waals surface area contributed by atoms with Gasteiger partial charge in [0, 0.05) is 17.7 Å². The fourth-order valence-electron chi connectivity index (χ4n) is 5.36. The van der Waals surface area contributed by atoms with Gasteiger partial charge in [0.25, 0.3) is 0 Å². The molecule has 1 saturated carbocycles. The van der Waals surface area contributed by atoms with Gasteiger partial charge in [-0.05, 0) is 51.0 Å². The van der Waals surface area contributed by atoms with Gasteiger partial charge < -0.3 is 24.8 Å². The van der Waals surface area contributed by atoms with E-state index in [2.05, 4.69) is 17.6 Å². The van der Waals surface area contributed by atoms with E-state index in [9.17, 15) is 14.0 Å². The fourth-order valence-corrected chi connectivity index (χ4v) is 5.36. The number of carbonyl (C=O) groups is 1. The Kier molecular flexibility index (Phi) is 8.90. The first kappa shape index (κ1) is 25.7. The number of benzene rings is 1. The molecule has 0 radical (unpaired) electrons. The van der Waals surface area contributed by atoms with Crippen molar-refractivity contribution in [1.82, 2.24) is 10.6 Å². The Bertz CT molecular complexity index is 872. The van der Waals surface area contributed by atoms with E-state index in [1.54, 1.807) is 12.0 Å². The highest BCUT2D eigenvalue weighted by molar-refractivity contribution is 5.85. The molecule has 4 rings (SSSR count). The predicted molar refractivity (Wildman–Crippen MR) is 123 cm³/mol. The van der Waals surface area contributed by atoms with Crippen LogP contribution < -0.4 is 15.4 Å². The summed E-state index contributed by atoms with van der Waals surface area (Å²) in [6.07, 6.45) is 5.62. The number of ether oxygens (including phenoxy) is 3. The minimum absolute atomic E-state index is 0. The number of halogens is 2. The van der Waals surface area contributed by atoms with Crippen LogP contribution >= 0.6 is 12.4 Å². The Hall–Kier alpha value is -1.96. The summed E-state index contributed by atoms with van der Waals surface area (Å²) < 4.78 is 31.6. The van der Waals surface area contributed by atoms with Crippen LogP contribution in [0.25, 0.3) is 0 Å².